The highest BCUT2D eigenvalue weighted by Crippen LogP contribution is 2.31. The molecule has 7 heteroatoms. The molecule has 4 aromatic rings. The fourth-order valence-electron chi connectivity index (χ4n) is 3.91. The molecule has 5 rings (SSSR count). The molecule has 1 amide bonds. The van der Waals surface area contributed by atoms with E-state index >= 15 is 0 Å². The molecule has 1 aliphatic heterocycles. The van der Waals surface area contributed by atoms with Crippen molar-refractivity contribution in [3.05, 3.63) is 77.1 Å². The van der Waals surface area contributed by atoms with Crippen molar-refractivity contribution in [1.82, 2.24) is 24.6 Å². The van der Waals surface area contributed by atoms with Crippen LogP contribution < -0.4 is 0 Å². The number of carbonyl (C=O) groups excluding carboxylic acids is 1. The quantitative estimate of drug-likeness (QED) is 0.508. The van der Waals surface area contributed by atoms with E-state index in [4.69, 9.17) is 0 Å². The average molecular weight is 418 g/mol. The van der Waals surface area contributed by atoms with Crippen molar-refractivity contribution in [1.29, 1.82) is 0 Å². The Morgan fingerprint density at radius 1 is 1.07 bits per heavy atom. The molecule has 6 nitrogen and oxygen atoms in total. The third kappa shape index (κ3) is 3.62. The van der Waals surface area contributed by atoms with Crippen molar-refractivity contribution in [2.24, 2.45) is 0 Å². The minimum Gasteiger partial charge on any atom is -0.335 e. The van der Waals surface area contributed by atoms with Crippen molar-refractivity contribution in [3.63, 3.8) is 0 Å². The number of thiophene rings is 1. The zero-order valence-corrected chi connectivity index (χ0v) is 17.7. The molecule has 1 fully saturated rings. The summed E-state index contributed by atoms with van der Waals surface area (Å²) in [5.41, 5.74) is 3.17. The SMILES string of the molecule is Cc1nn(-c2ccccc2)c2sc(C(=O)N3CCN(Cc4cccnc4)CC3)cc12. The summed E-state index contributed by atoms with van der Waals surface area (Å²) in [7, 11) is 0. The van der Waals surface area contributed by atoms with Gasteiger partial charge in [-0.3, -0.25) is 14.7 Å². The van der Waals surface area contributed by atoms with Gasteiger partial charge in [-0.2, -0.15) is 5.10 Å². The van der Waals surface area contributed by atoms with Gasteiger partial charge in [-0.15, -0.1) is 11.3 Å². The third-order valence-corrected chi connectivity index (χ3v) is 6.64. The molecule has 152 valence electrons. The number of pyridine rings is 1. The fraction of sp³-hybridized carbons (Fsp3) is 0.261. The van der Waals surface area contributed by atoms with Gasteiger partial charge >= 0.3 is 0 Å². The Morgan fingerprint density at radius 3 is 2.60 bits per heavy atom. The predicted octanol–water partition coefficient (Wildman–Crippen LogP) is 3.75. The van der Waals surface area contributed by atoms with Gasteiger partial charge in [-0.25, -0.2) is 4.68 Å². The monoisotopic (exact) mass is 417 g/mol. The number of fused-ring (bicyclic) bond motifs is 1. The van der Waals surface area contributed by atoms with Crippen LogP contribution in [0.5, 0.6) is 0 Å². The minimum atomic E-state index is 0.122. The summed E-state index contributed by atoms with van der Waals surface area (Å²) in [6.45, 7) is 6.13. The molecule has 0 saturated carbocycles. The summed E-state index contributed by atoms with van der Waals surface area (Å²) < 4.78 is 1.94. The average Bonchev–Trinajstić information content (AvgIpc) is 3.36. The lowest BCUT2D eigenvalue weighted by atomic mass is 10.2. The van der Waals surface area contributed by atoms with Gasteiger partial charge in [0.1, 0.15) is 4.83 Å². The van der Waals surface area contributed by atoms with Gasteiger partial charge in [-0.1, -0.05) is 24.3 Å². The fourth-order valence-corrected chi connectivity index (χ4v) is 5.06. The maximum atomic E-state index is 13.2. The molecule has 30 heavy (non-hydrogen) atoms. The van der Waals surface area contributed by atoms with Crippen LogP contribution in [0.1, 0.15) is 20.9 Å². The van der Waals surface area contributed by atoms with Crippen LogP contribution in [0.2, 0.25) is 0 Å². The standard InChI is InChI=1S/C23H23N5OS/c1-17-20-14-21(30-23(20)28(25-17)19-7-3-2-4-8-19)22(29)27-12-10-26(11-13-27)16-18-6-5-9-24-15-18/h2-9,14-15H,10-13,16H2,1H3. The number of nitrogens with zero attached hydrogens (tertiary/aromatic N) is 5. The highest BCUT2D eigenvalue weighted by Gasteiger charge is 2.25. The first-order valence-corrected chi connectivity index (χ1v) is 11.0. The number of benzene rings is 1. The van der Waals surface area contributed by atoms with E-state index in [2.05, 4.69) is 21.0 Å². The maximum Gasteiger partial charge on any atom is 0.264 e. The number of para-hydroxylation sites is 1. The van der Waals surface area contributed by atoms with Gasteiger partial charge in [0.05, 0.1) is 16.3 Å². The Kier molecular flexibility index (Phi) is 5.06. The summed E-state index contributed by atoms with van der Waals surface area (Å²) in [5, 5.41) is 5.73. The molecular weight excluding hydrogens is 394 g/mol. The van der Waals surface area contributed by atoms with E-state index in [1.54, 1.807) is 6.20 Å². The van der Waals surface area contributed by atoms with Crippen molar-refractivity contribution in [3.8, 4) is 5.69 Å². The van der Waals surface area contributed by atoms with Crippen molar-refractivity contribution < 1.29 is 4.79 Å². The summed E-state index contributed by atoms with van der Waals surface area (Å²) in [5.74, 6) is 0.122. The highest BCUT2D eigenvalue weighted by molar-refractivity contribution is 7.20. The first kappa shape index (κ1) is 19.0. The Labute approximate surface area is 179 Å². The van der Waals surface area contributed by atoms with Gasteiger partial charge in [0.15, 0.2) is 0 Å². The van der Waals surface area contributed by atoms with Crippen LogP contribution >= 0.6 is 11.3 Å². The summed E-state index contributed by atoms with van der Waals surface area (Å²) in [6.07, 6.45) is 3.71. The number of hydrogen-bond donors (Lipinski definition) is 0. The zero-order chi connectivity index (χ0) is 20.5. The van der Waals surface area contributed by atoms with Gasteiger partial charge in [0.25, 0.3) is 5.91 Å². The van der Waals surface area contributed by atoms with Crippen LogP contribution in [0.15, 0.2) is 60.9 Å². The van der Waals surface area contributed by atoms with E-state index in [9.17, 15) is 4.79 Å². The molecule has 0 radical (unpaired) electrons. The second-order valence-corrected chi connectivity index (χ2v) is 8.62. The number of aryl methyl sites for hydroxylation is 1. The summed E-state index contributed by atoms with van der Waals surface area (Å²) >= 11 is 1.53. The lowest BCUT2D eigenvalue weighted by molar-refractivity contribution is 0.0633. The molecule has 0 atom stereocenters. The minimum absolute atomic E-state index is 0.122. The normalized spacial score (nSPS) is 15.0. The van der Waals surface area contributed by atoms with Crippen LogP contribution in [0.3, 0.4) is 0 Å². The molecule has 0 aliphatic carbocycles. The molecule has 1 aromatic carbocycles. The van der Waals surface area contributed by atoms with E-state index in [-0.39, 0.29) is 5.91 Å². The summed E-state index contributed by atoms with van der Waals surface area (Å²) in [6, 6.07) is 16.1. The van der Waals surface area contributed by atoms with Gasteiger partial charge in [0, 0.05) is 50.5 Å². The first-order chi connectivity index (χ1) is 14.7. The molecule has 4 heterocycles. The maximum absolute atomic E-state index is 13.2. The molecule has 0 unspecified atom stereocenters. The molecule has 3 aromatic heterocycles. The summed E-state index contributed by atoms with van der Waals surface area (Å²) in [4.78, 5) is 23.5. The van der Waals surface area contributed by atoms with Gasteiger partial charge in [-0.05, 0) is 36.8 Å². The van der Waals surface area contributed by atoms with Gasteiger partial charge in [0.2, 0.25) is 0 Å². The van der Waals surface area contributed by atoms with E-state index in [1.165, 1.54) is 16.9 Å². The van der Waals surface area contributed by atoms with Crippen LogP contribution in [0.25, 0.3) is 15.9 Å². The van der Waals surface area contributed by atoms with Crippen LogP contribution in [0, 0.1) is 6.92 Å². The third-order valence-electron chi connectivity index (χ3n) is 5.54. The van der Waals surface area contributed by atoms with Crippen LogP contribution in [0.4, 0.5) is 0 Å². The highest BCUT2D eigenvalue weighted by atomic mass is 32.1. The molecular formula is C23H23N5OS. The molecule has 0 bridgehead atoms. The lowest BCUT2D eigenvalue weighted by Gasteiger charge is -2.34. The second kappa shape index (κ2) is 8.01. The number of piperazine rings is 1. The van der Waals surface area contributed by atoms with Crippen molar-refractivity contribution >= 4 is 27.5 Å². The van der Waals surface area contributed by atoms with Crippen LogP contribution in [-0.2, 0) is 6.54 Å². The second-order valence-electron chi connectivity index (χ2n) is 7.59. The Hall–Kier alpha value is -3.03. The number of carbonyl (C=O) groups is 1. The molecule has 0 N–H and O–H groups in total. The number of rotatable bonds is 4. The van der Waals surface area contributed by atoms with Crippen molar-refractivity contribution in [2.45, 2.75) is 13.5 Å². The Balaban J connectivity index is 1.31. The smallest absolute Gasteiger partial charge is 0.264 e. The zero-order valence-electron chi connectivity index (χ0n) is 16.9. The molecule has 1 aliphatic rings. The topological polar surface area (TPSA) is 54.3 Å². The molecule has 0 spiro atoms. The number of hydrogen-bond acceptors (Lipinski definition) is 5. The predicted molar refractivity (Wildman–Crippen MR) is 119 cm³/mol. The lowest BCUT2D eigenvalue weighted by Crippen LogP contribution is -2.48. The van der Waals surface area contributed by atoms with Crippen LogP contribution in [-0.4, -0.2) is 56.7 Å². The first-order valence-electron chi connectivity index (χ1n) is 10.1. The molecule has 1 saturated heterocycles. The number of amides is 1. The number of aromatic nitrogens is 3. The van der Waals surface area contributed by atoms with E-state index in [1.807, 2.05) is 65.2 Å². The van der Waals surface area contributed by atoms with E-state index < -0.39 is 0 Å². The largest absolute Gasteiger partial charge is 0.335 e. The van der Waals surface area contributed by atoms with Crippen molar-refractivity contribution in [2.75, 3.05) is 26.2 Å². The van der Waals surface area contributed by atoms with Gasteiger partial charge < -0.3 is 4.90 Å². The Bertz CT molecular complexity index is 1160. The van der Waals surface area contributed by atoms with E-state index in [0.29, 0.717) is 0 Å². The Morgan fingerprint density at radius 2 is 1.87 bits per heavy atom. The van der Waals surface area contributed by atoms with E-state index in [0.717, 1.165) is 59.2 Å².